The van der Waals surface area contributed by atoms with Gasteiger partial charge in [-0.1, -0.05) is 18.2 Å². The van der Waals surface area contributed by atoms with E-state index in [1.807, 2.05) is 24.4 Å². The second-order valence-electron chi connectivity index (χ2n) is 3.21. The van der Waals surface area contributed by atoms with Gasteiger partial charge in [-0.15, -0.1) is 0 Å². The van der Waals surface area contributed by atoms with Crippen LogP contribution in [0.1, 0.15) is 5.56 Å². The third-order valence-corrected chi connectivity index (χ3v) is 2.36. The van der Waals surface area contributed by atoms with Crippen LogP contribution in [-0.2, 0) is 6.42 Å². The van der Waals surface area contributed by atoms with Gasteiger partial charge in [-0.05, 0) is 17.7 Å². The summed E-state index contributed by atoms with van der Waals surface area (Å²) < 4.78 is 0. The van der Waals surface area contributed by atoms with Gasteiger partial charge < -0.3 is 0 Å². The minimum atomic E-state index is 0.888. The Balaban J connectivity index is 2.21. The van der Waals surface area contributed by atoms with Crippen LogP contribution in [0.3, 0.4) is 0 Å². The Morgan fingerprint density at radius 3 is 3.08 bits per heavy atom. The molecule has 2 nitrogen and oxygen atoms in total. The number of fused-ring (bicyclic) bond motifs is 2. The molecule has 1 aromatic rings. The van der Waals surface area contributed by atoms with Crippen molar-refractivity contribution in [1.29, 1.82) is 0 Å². The summed E-state index contributed by atoms with van der Waals surface area (Å²) in [5.74, 6) is 0.888. The van der Waals surface area contributed by atoms with E-state index in [2.05, 4.69) is 22.1 Å². The molecule has 0 N–H and O–H groups in total. The molecule has 0 aromatic heterocycles. The molecule has 0 saturated carbocycles. The highest BCUT2D eigenvalue weighted by Crippen LogP contribution is 2.29. The molecule has 0 atom stereocenters. The van der Waals surface area contributed by atoms with Gasteiger partial charge in [0, 0.05) is 18.2 Å². The maximum absolute atomic E-state index is 4.46. The Kier molecular flexibility index (Phi) is 1.25. The molecule has 0 amide bonds. The molecule has 0 unspecified atom stereocenters. The van der Waals surface area contributed by atoms with Crippen LogP contribution in [-0.4, -0.2) is 12.1 Å². The first-order valence-corrected chi connectivity index (χ1v) is 4.34. The van der Waals surface area contributed by atoms with Crippen LogP contribution in [0.4, 0.5) is 5.69 Å². The average molecular weight is 168 g/mol. The first-order valence-electron chi connectivity index (χ1n) is 4.34. The average Bonchev–Trinajstić information content (AvgIpc) is 2.61. The molecule has 2 aliphatic heterocycles. The summed E-state index contributed by atoms with van der Waals surface area (Å²) in [5.41, 5.74) is 3.59. The lowest BCUT2D eigenvalue weighted by Gasteiger charge is -2.12. The quantitative estimate of drug-likeness (QED) is 0.567. The summed E-state index contributed by atoms with van der Waals surface area (Å²) in [5, 5.41) is 0. The highest BCUT2D eigenvalue weighted by molar-refractivity contribution is 6.13. The summed E-state index contributed by atoms with van der Waals surface area (Å²) in [6.07, 6.45) is 4.82. The fraction of sp³-hybridized carbons (Fsp3) is 0.0909. The molecule has 2 heterocycles. The molecule has 3 rings (SSSR count). The molecule has 2 aliphatic rings. The zero-order valence-electron chi connectivity index (χ0n) is 7.07. The van der Waals surface area contributed by atoms with E-state index in [1.165, 1.54) is 11.1 Å². The van der Waals surface area contributed by atoms with Crippen molar-refractivity contribution >= 4 is 17.7 Å². The lowest BCUT2D eigenvalue weighted by Crippen LogP contribution is -2.04. The Bertz CT molecular complexity index is 453. The van der Waals surface area contributed by atoms with E-state index in [1.54, 1.807) is 0 Å². The molecule has 13 heavy (non-hydrogen) atoms. The van der Waals surface area contributed by atoms with Gasteiger partial charge in [-0.25, -0.2) is 9.98 Å². The number of benzene rings is 1. The Labute approximate surface area is 76.3 Å². The van der Waals surface area contributed by atoms with Crippen LogP contribution in [0.25, 0.3) is 0 Å². The van der Waals surface area contributed by atoms with E-state index < -0.39 is 0 Å². The van der Waals surface area contributed by atoms with Gasteiger partial charge in [0.15, 0.2) is 5.84 Å². The van der Waals surface area contributed by atoms with Crippen molar-refractivity contribution in [2.75, 3.05) is 0 Å². The monoisotopic (exact) mass is 168 g/mol. The van der Waals surface area contributed by atoms with E-state index in [0.29, 0.717) is 0 Å². The minimum absolute atomic E-state index is 0.888. The molecule has 0 radical (unpaired) electrons. The van der Waals surface area contributed by atoms with Crippen LogP contribution in [0.2, 0.25) is 0 Å². The van der Waals surface area contributed by atoms with E-state index in [-0.39, 0.29) is 0 Å². The zero-order chi connectivity index (χ0) is 8.67. The zero-order valence-corrected chi connectivity index (χ0v) is 7.07. The van der Waals surface area contributed by atoms with Crippen molar-refractivity contribution in [2.45, 2.75) is 6.42 Å². The highest BCUT2D eigenvalue weighted by Gasteiger charge is 2.17. The van der Waals surface area contributed by atoms with Gasteiger partial charge in [0.2, 0.25) is 0 Å². The van der Waals surface area contributed by atoms with E-state index in [0.717, 1.165) is 17.9 Å². The first kappa shape index (κ1) is 6.78. The number of rotatable bonds is 0. The van der Waals surface area contributed by atoms with E-state index in [4.69, 9.17) is 0 Å². The summed E-state index contributed by atoms with van der Waals surface area (Å²) in [6, 6.07) is 8.22. The molecule has 1 aromatic carbocycles. The minimum Gasteiger partial charge on any atom is -0.237 e. The van der Waals surface area contributed by atoms with Gasteiger partial charge >= 0.3 is 0 Å². The number of allylic oxidation sites excluding steroid dienone is 1. The Morgan fingerprint density at radius 2 is 2.08 bits per heavy atom. The van der Waals surface area contributed by atoms with Gasteiger partial charge in [0.05, 0.1) is 5.69 Å². The maximum atomic E-state index is 4.46. The number of nitrogens with zero attached hydrogens (tertiary/aromatic N) is 2. The molecular weight excluding hydrogens is 160 g/mol. The van der Waals surface area contributed by atoms with Crippen molar-refractivity contribution < 1.29 is 0 Å². The molecule has 0 aliphatic carbocycles. The van der Waals surface area contributed by atoms with Crippen molar-refractivity contribution in [1.82, 2.24) is 0 Å². The molecule has 0 bridgehead atoms. The number of aliphatic imine (C=N–C) groups is 2. The summed E-state index contributed by atoms with van der Waals surface area (Å²) >= 11 is 0. The summed E-state index contributed by atoms with van der Waals surface area (Å²) in [6.45, 7) is 0. The van der Waals surface area contributed by atoms with Crippen LogP contribution in [0.5, 0.6) is 0 Å². The smallest absolute Gasteiger partial charge is 0.156 e. The summed E-state index contributed by atoms with van der Waals surface area (Å²) in [7, 11) is 0. The normalized spacial score (nSPS) is 17.5. The number of hydrogen-bond acceptors (Lipinski definition) is 2. The van der Waals surface area contributed by atoms with Gasteiger partial charge in [-0.3, -0.25) is 0 Å². The molecular formula is C11H8N2. The van der Waals surface area contributed by atoms with Crippen molar-refractivity contribution in [3.8, 4) is 0 Å². The largest absolute Gasteiger partial charge is 0.237 e. The van der Waals surface area contributed by atoms with Crippen LogP contribution < -0.4 is 0 Å². The predicted octanol–water partition coefficient (Wildman–Crippen LogP) is 2.28. The molecule has 62 valence electrons. The van der Waals surface area contributed by atoms with Gasteiger partial charge in [0.25, 0.3) is 0 Å². The van der Waals surface area contributed by atoms with E-state index >= 15 is 0 Å². The van der Waals surface area contributed by atoms with Crippen molar-refractivity contribution in [3.63, 3.8) is 0 Å². The number of hydrogen-bond donors (Lipinski definition) is 0. The third-order valence-electron chi connectivity index (χ3n) is 2.36. The number of para-hydroxylation sites is 1. The number of amidine groups is 1. The fourth-order valence-electron chi connectivity index (χ4n) is 1.68. The van der Waals surface area contributed by atoms with Gasteiger partial charge in [0.1, 0.15) is 0 Å². The van der Waals surface area contributed by atoms with E-state index in [9.17, 15) is 0 Å². The van der Waals surface area contributed by atoms with Crippen molar-refractivity contribution in [2.24, 2.45) is 9.98 Å². The van der Waals surface area contributed by atoms with Crippen LogP contribution >= 0.6 is 0 Å². The molecule has 0 fully saturated rings. The van der Waals surface area contributed by atoms with Crippen LogP contribution in [0.15, 0.2) is 45.9 Å². The molecule has 0 saturated heterocycles. The Morgan fingerprint density at radius 1 is 1.15 bits per heavy atom. The molecule has 0 spiro atoms. The Hall–Kier alpha value is -1.70. The standard InChI is InChI=1S/C11H8N2/c1-2-4-10-8(3-1)7-9-5-6-12-11(9)13-10/h1-6H,7H2. The summed E-state index contributed by atoms with van der Waals surface area (Å²) in [4.78, 5) is 8.65. The van der Waals surface area contributed by atoms with Gasteiger partial charge in [-0.2, -0.15) is 0 Å². The lowest BCUT2D eigenvalue weighted by atomic mass is 10.0. The highest BCUT2D eigenvalue weighted by atomic mass is 14.9. The maximum Gasteiger partial charge on any atom is 0.156 e. The first-order chi connectivity index (χ1) is 6.43. The van der Waals surface area contributed by atoms with Crippen molar-refractivity contribution in [3.05, 3.63) is 41.5 Å². The third kappa shape index (κ3) is 0.952. The second kappa shape index (κ2) is 2.39. The SMILES string of the molecule is C1=NC2=Nc3ccccc3CC2=C1. The fourth-order valence-corrected chi connectivity index (χ4v) is 1.68. The second-order valence-corrected chi connectivity index (χ2v) is 3.21. The predicted molar refractivity (Wildman–Crippen MR) is 53.8 cm³/mol. The lowest BCUT2D eigenvalue weighted by molar-refractivity contribution is 1.17. The molecule has 2 heteroatoms. The van der Waals surface area contributed by atoms with Crippen LogP contribution in [0, 0.1) is 0 Å². The topological polar surface area (TPSA) is 24.7 Å².